The molecule has 0 amide bonds. The van der Waals surface area contributed by atoms with Crippen LogP contribution in [0.5, 0.6) is 0 Å². The van der Waals surface area contributed by atoms with Crippen molar-refractivity contribution in [3.05, 3.63) is 54.0 Å². The highest BCUT2D eigenvalue weighted by molar-refractivity contribution is 5.82. The monoisotopic (exact) mass is 281 g/mol. The molecule has 0 saturated carbocycles. The Balaban J connectivity index is 2.12. The third-order valence-corrected chi connectivity index (χ3v) is 3.64. The second kappa shape index (κ2) is 6.01. The first-order chi connectivity index (χ1) is 10.3. The number of hydrogen-bond donors (Lipinski definition) is 1. The molecule has 0 bridgehead atoms. The summed E-state index contributed by atoms with van der Waals surface area (Å²) in [4.78, 5) is 4.55. The molecule has 108 valence electrons. The van der Waals surface area contributed by atoms with Gasteiger partial charge in [-0.2, -0.15) is 0 Å². The molecule has 2 aromatic heterocycles. The van der Waals surface area contributed by atoms with E-state index in [0.717, 1.165) is 35.1 Å². The minimum absolute atomic E-state index is 0.0325. The third kappa shape index (κ3) is 2.52. The fraction of sp³-hybridized carbons (Fsp3) is 0.312. The number of rotatable bonds is 5. The summed E-state index contributed by atoms with van der Waals surface area (Å²) in [6, 6.07) is 10.3. The summed E-state index contributed by atoms with van der Waals surface area (Å²) in [6.45, 7) is 3.00. The van der Waals surface area contributed by atoms with Crippen molar-refractivity contribution in [2.45, 2.75) is 25.9 Å². The largest absolute Gasteiger partial charge is 0.308 e. The molecule has 3 aromatic rings. The lowest BCUT2D eigenvalue weighted by Crippen LogP contribution is -2.22. The number of pyridine rings is 1. The Labute approximate surface area is 124 Å². The van der Waals surface area contributed by atoms with Crippen LogP contribution in [-0.4, -0.2) is 27.0 Å². The number of aryl methyl sites for hydroxylation is 1. The quantitative estimate of drug-likeness (QED) is 0.781. The molecule has 3 rings (SSSR count). The number of benzene rings is 1. The fourth-order valence-electron chi connectivity index (χ4n) is 2.70. The van der Waals surface area contributed by atoms with Gasteiger partial charge in [-0.05, 0) is 19.5 Å². The van der Waals surface area contributed by atoms with Crippen LogP contribution >= 0.6 is 0 Å². The summed E-state index contributed by atoms with van der Waals surface area (Å²) in [7, 11) is 1.95. The van der Waals surface area contributed by atoms with E-state index in [1.807, 2.05) is 30.2 Å². The standard InChI is InChI=1S/C16H19N5/c1-3-10-21-14(11-19-20-21)16(17-2)13-8-4-6-12-7-5-9-18-15(12)13/h4-9,11,16-17H,3,10H2,1-2H3. The van der Waals surface area contributed by atoms with Crippen molar-refractivity contribution in [1.82, 2.24) is 25.3 Å². The topological polar surface area (TPSA) is 55.6 Å². The summed E-state index contributed by atoms with van der Waals surface area (Å²) in [6.07, 6.45) is 4.69. The van der Waals surface area contributed by atoms with Crippen LogP contribution in [-0.2, 0) is 6.54 Å². The highest BCUT2D eigenvalue weighted by Crippen LogP contribution is 2.27. The molecule has 1 aromatic carbocycles. The van der Waals surface area contributed by atoms with Gasteiger partial charge in [0.05, 0.1) is 23.4 Å². The smallest absolute Gasteiger partial charge is 0.0802 e. The first-order valence-electron chi connectivity index (χ1n) is 7.24. The van der Waals surface area contributed by atoms with Gasteiger partial charge in [0.2, 0.25) is 0 Å². The van der Waals surface area contributed by atoms with Crippen LogP contribution in [0.25, 0.3) is 10.9 Å². The van der Waals surface area contributed by atoms with Crippen molar-refractivity contribution >= 4 is 10.9 Å². The van der Waals surface area contributed by atoms with E-state index in [1.165, 1.54) is 0 Å². The minimum atomic E-state index is 0.0325. The maximum Gasteiger partial charge on any atom is 0.0802 e. The van der Waals surface area contributed by atoms with E-state index in [4.69, 9.17) is 0 Å². The summed E-state index contributed by atoms with van der Waals surface area (Å²) >= 11 is 0. The van der Waals surface area contributed by atoms with E-state index in [2.05, 4.69) is 51.8 Å². The molecular formula is C16H19N5. The van der Waals surface area contributed by atoms with Gasteiger partial charge in [0.1, 0.15) is 0 Å². The molecule has 0 aliphatic carbocycles. The maximum atomic E-state index is 4.55. The average Bonchev–Trinajstić information content (AvgIpc) is 2.97. The molecule has 0 fully saturated rings. The zero-order valence-corrected chi connectivity index (χ0v) is 12.3. The van der Waals surface area contributed by atoms with Gasteiger partial charge in [-0.1, -0.05) is 36.4 Å². The lowest BCUT2D eigenvalue weighted by atomic mass is 10.0. The fourth-order valence-corrected chi connectivity index (χ4v) is 2.70. The highest BCUT2D eigenvalue weighted by Gasteiger charge is 2.19. The SMILES string of the molecule is CCCn1nncc1C(NC)c1cccc2cccnc12. The molecule has 1 N–H and O–H groups in total. The van der Waals surface area contributed by atoms with E-state index < -0.39 is 0 Å². The Morgan fingerprint density at radius 2 is 2.10 bits per heavy atom. The van der Waals surface area contributed by atoms with E-state index >= 15 is 0 Å². The first kappa shape index (κ1) is 13.7. The van der Waals surface area contributed by atoms with Crippen molar-refractivity contribution in [1.29, 1.82) is 0 Å². The second-order valence-corrected chi connectivity index (χ2v) is 5.03. The molecule has 0 radical (unpaired) electrons. The van der Waals surface area contributed by atoms with Crippen LogP contribution in [0, 0.1) is 0 Å². The summed E-state index contributed by atoms with van der Waals surface area (Å²) in [5, 5.41) is 12.8. The first-order valence-corrected chi connectivity index (χ1v) is 7.24. The number of fused-ring (bicyclic) bond motifs is 1. The van der Waals surface area contributed by atoms with Crippen molar-refractivity contribution in [2.75, 3.05) is 7.05 Å². The Bertz CT molecular complexity index is 729. The summed E-state index contributed by atoms with van der Waals surface area (Å²) in [5.74, 6) is 0. The van der Waals surface area contributed by atoms with E-state index in [9.17, 15) is 0 Å². The lowest BCUT2D eigenvalue weighted by Gasteiger charge is -2.18. The van der Waals surface area contributed by atoms with Crippen molar-refractivity contribution in [3.63, 3.8) is 0 Å². The average molecular weight is 281 g/mol. The van der Waals surface area contributed by atoms with Crippen LogP contribution in [0.4, 0.5) is 0 Å². The minimum Gasteiger partial charge on any atom is -0.308 e. The number of aromatic nitrogens is 4. The lowest BCUT2D eigenvalue weighted by molar-refractivity contribution is 0.524. The predicted molar refractivity (Wildman–Crippen MR) is 83.0 cm³/mol. The Kier molecular flexibility index (Phi) is 3.92. The van der Waals surface area contributed by atoms with Gasteiger partial charge in [0, 0.05) is 23.7 Å². The van der Waals surface area contributed by atoms with Crippen molar-refractivity contribution in [2.24, 2.45) is 0 Å². The number of nitrogens with zero attached hydrogens (tertiary/aromatic N) is 4. The van der Waals surface area contributed by atoms with Crippen molar-refractivity contribution in [3.8, 4) is 0 Å². The molecule has 0 aliphatic rings. The third-order valence-electron chi connectivity index (χ3n) is 3.64. The molecule has 0 saturated heterocycles. The second-order valence-electron chi connectivity index (χ2n) is 5.03. The van der Waals surface area contributed by atoms with Gasteiger partial charge < -0.3 is 5.32 Å². The zero-order valence-electron chi connectivity index (χ0n) is 12.3. The van der Waals surface area contributed by atoms with Crippen LogP contribution in [0.15, 0.2) is 42.7 Å². The zero-order chi connectivity index (χ0) is 14.7. The van der Waals surface area contributed by atoms with E-state index in [1.54, 1.807) is 0 Å². The summed E-state index contributed by atoms with van der Waals surface area (Å²) < 4.78 is 1.96. The molecule has 21 heavy (non-hydrogen) atoms. The van der Waals surface area contributed by atoms with Crippen LogP contribution < -0.4 is 5.32 Å². The highest BCUT2D eigenvalue weighted by atomic mass is 15.4. The molecular weight excluding hydrogens is 262 g/mol. The maximum absolute atomic E-state index is 4.55. The summed E-state index contributed by atoms with van der Waals surface area (Å²) in [5.41, 5.74) is 3.23. The molecule has 0 spiro atoms. The normalized spacial score (nSPS) is 12.7. The van der Waals surface area contributed by atoms with Gasteiger partial charge in [-0.15, -0.1) is 5.10 Å². The molecule has 5 heteroatoms. The van der Waals surface area contributed by atoms with Gasteiger partial charge in [0.15, 0.2) is 0 Å². The Morgan fingerprint density at radius 1 is 1.24 bits per heavy atom. The number of hydrogen-bond acceptors (Lipinski definition) is 4. The molecule has 2 heterocycles. The van der Waals surface area contributed by atoms with Crippen LogP contribution in [0.2, 0.25) is 0 Å². The molecule has 0 aliphatic heterocycles. The van der Waals surface area contributed by atoms with Gasteiger partial charge in [-0.25, -0.2) is 4.68 Å². The van der Waals surface area contributed by atoms with Crippen molar-refractivity contribution < 1.29 is 0 Å². The van der Waals surface area contributed by atoms with E-state index in [0.29, 0.717) is 0 Å². The van der Waals surface area contributed by atoms with Gasteiger partial charge >= 0.3 is 0 Å². The molecule has 1 unspecified atom stereocenters. The predicted octanol–water partition coefficient (Wildman–Crippen LogP) is 2.55. The Morgan fingerprint density at radius 3 is 2.90 bits per heavy atom. The molecule has 5 nitrogen and oxygen atoms in total. The van der Waals surface area contributed by atoms with E-state index in [-0.39, 0.29) is 6.04 Å². The van der Waals surface area contributed by atoms with Crippen LogP contribution in [0.1, 0.15) is 30.6 Å². The van der Waals surface area contributed by atoms with Gasteiger partial charge in [0.25, 0.3) is 0 Å². The van der Waals surface area contributed by atoms with Crippen LogP contribution in [0.3, 0.4) is 0 Å². The molecule has 1 atom stereocenters. The Hall–Kier alpha value is -2.27. The number of nitrogens with one attached hydrogen (secondary N) is 1. The number of para-hydroxylation sites is 1. The van der Waals surface area contributed by atoms with Gasteiger partial charge in [-0.3, -0.25) is 4.98 Å².